The first kappa shape index (κ1) is 12.2. The highest BCUT2D eigenvalue weighted by Crippen LogP contribution is 1.98. The zero-order valence-corrected chi connectivity index (χ0v) is 10.3. The fourth-order valence-electron chi connectivity index (χ4n) is 1.52. The molecule has 0 saturated heterocycles. The number of hydrogen-bond acceptors (Lipinski definition) is 3. The third-order valence-electron chi connectivity index (χ3n) is 2.49. The van der Waals surface area contributed by atoms with Crippen molar-refractivity contribution in [1.29, 1.82) is 0 Å². The molecule has 0 saturated carbocycles. The second-order valence-electron chi connectivity index (χ2n) is 3.78. The predicted molar refractivity (Wildman–Crippen MR) is 69.1 cm³/mol. The fourth-order valence-corrected chi connectivity index (χ4v) is 1.52. The molecule has 0 radical (unpaired) electrons. The summed E-state index contributed by atoms with van der Waals surface area (Å²) in [6.45, 7) is 2.34. The van der Waals surface area contributed by atoms with Crippen LogP contribution in [-0.4, -0.2) is 29.1 Å². The van der Waals surface area contributed by atoms with Crippen molar-refractivity contribution in [3.63, 3.8) is 0 Å². The van der Waals surface area contributed by atoms with E-state index in [2.05, 4.69) is 20.6 Å². The molecule has 0 unspecified atom stereocenters. The summed E-state index contributed by atoms with van der Waals surface area (Å²) in [5.74, 6) is 0.774. The molecule has 0 fully saturated rings. The minimum atomic E-state index is 0.696. The first-order chi connectivity index (χ1) is 8.88. The van der Waals surface area contributed by atoms with Crippen molar-refractivity contribution in [3.8, 4) is 0 Å². The number of furan rings is 1. The van der Waals surface area contributed by atoms with Gasteiger partial charge >= 0.3 is 0 Å². The molecule has 2 heterocycles. The molecule has 2 N–H and O–H groups in total. The monoisotopic (exact) mass is 247 g/mol. The summed E-state index contributed by atoms with van der Waals surface area (Å²) in [7, 11) is 1.75. The Kier molecular flexibility index (Phi) is 4.40. The molecule has 2 aromatic heterocycles. The summed E-state index contributed by atoms with van der Waals surface area (Å²) in [4.78, 5) is 8.13. The minimum Gasteiger partial charge on any atom is -0.472 e. The van der Waals surface area contributed by atoms with Gasteiger partial charge < -0.3 is 19.6 Å². The van der Waals surface area contributed by atoms with Crippen LogP contribution >= 0.6 is 0 Å². The predicted octanol–water partition coefficient (Wildman–Crippen LogP) is 0.841. The maximum atomic E-state index is 5.00. The number of hydrogen-bond donors (Lipinski definition) is 2. The van der Waals surface area contributed by atoms with Crippen LogP contribution in [-0.2, 0) is 13.1 Å². The third kappa shape index (κ3) is 3.65. The van der Waals surface area contributed by atoms with Gasteiger partial charge in [0.05, 0.1) is 18.9 Å². The fraction of sp³-hybridized carbons (Fsp3) is 0.333. The highest BCUT2D eigenvalue weighted by molar-refractivity contribution is 5.79. The third-order valence-corrected chi connectivity index (χ3v) is 2.49. The van der Waals surface area contributed by atoms with E-state index >= 15 is 0 Å². The molecule has 6 nitrogen and oxygen atoms in total. The lowest BCUT2D eigenvalue weighted by Gasteiger charge is -2.11. The van der Waals surface area contributed by atoms with E-state index < -0.39 is 0 Å². The molecule has 0 aliphatic heterocycles. The Morgan fingerprint density at radius 2 is 2.44 bits per heavy atom. The van der Waals surface area contributed by atoms with Gasteiger partial charge in [-0.1, -0.05) is 0 Å². The van der Waals surface area contributed by atoms with Crippen LogP contribution in [0.1, 0.15) is 5.56 Å². The Bertz CT molecular complexity index is 461. The Labute approximate surface area is 106 Å². The van der Waals surface area contributed by atoms with E-state index in [1.807, 2.05) is 16.8 Å². The number of nitrogens with zero attached hydrogens (tertiary/aromatic N) is 3. The number of aromatic nitrogens is 2. The zero-order chi connectivity index (χ0) is 12.6. The minimum absolute atomic E-state index is 0.696. The first-order valence-corrected chi connectivity index (χ1v) is 5.80. The number of rotatable bonds is 5. The molecule has 0 aliphatic rings. The summed E-state index contributed by atoms with van der Waals surface area (Å²) >= 11 is 0. The van der Waals surface area contributed by atoms with Gasteiger partial charge in [-0.25, -0.2) is 4.98 Å². The highest BCUT2D eigenvalue weighted by Gasteiger charge is 1.98. The second kappa shape index (κ2) is 6.48. The molecule has 18 heavy (non-hydrogen) atoms. The van der Waals surface area contributed by atoms with E-state index in [1.165, 1.54) is 0 Å². The quantitative estimate of drug-likeness (QED) is 0.607. The van der Waals surface area contributed by atoms with Gasteiger partial charge in [0.1, 0.15) is 0 Å². The molecule has 0 aliphatic carbocycles. The Hall–Kier alpha value is -2.24. The molecule has 0 bridgehead atoms. The van der Waals surface area contributed by atoms with Crippen molar-refractivity contribution in [2.45, 2.75) is 13.1 Å². The lowest BCUT2D eigenvalue weighted by molar-refractivity contribution is 0.563. The molecule has 0 aromatic carbocycles. The van der Waals surface area contributed by atoms with Crippen LogP contribution in [0.15, 0.2) is 46.7 Å². The Balaban J connectivity index is 1.69. The van der Waals surface area contributed by atoms with E-state index in [-0.39, 0.29) is 0 Å². The standard InChI is InChI=1S/C12H17N5O/c1-13-12(16-8-11-2-7-18-9-11)15-4-6-17-5-3-14-10-17/h2-3,5,7,9-10H,4,6,8H2,1H3,(H2,13,15,16). The van der Waals surface area contributed by atoms with Gasteiger partial charge in [-0.2, -0.15) is 0 Å². The maximum absolute atomic E-state index is 5.00. The van der Waals surface area contributed by atoms with Crippen LogP contribution in [0.4, 0.5) is 0 Å². The SMILES string of the molecule is CN=C(NCCn1ccnc1)NCc1ccoc1. The summed E-state index contributed by atoms with van der Waals surface area (Å²) in [6.07, 6.45) is 8.87. The molecule has 0 spiro atoms. The van der Waals surface area contributed by atoms with Crippen LogP contribution in [0.2, 0.25) is 0 Å². The molecule has 0 atom stereocenters. The van der Waals surface area contributed by atoms with E-state index in [4.69, 9.17) is 4.42 Å². The Morgan fingerprint density at radius 3 is 3.11 bits per heavy atom. The van der Waals surface area contributed by atoms with Gasteiger partial charge in [0, 0.05) is 44.6 Å². The maximum Gasteiger partial charge on any atom is 0.191 e. The van der Waals surface area contributed by atoms with Crippen molar-refractivity contribution in [2.24, 2.45) is 4.99 Å². The average molecular weight is 247 g/mol. The first-order valence-electron chi connectivity index (χ1n) is 5.80. The zero-order valence-electron chi connectivity index (χ0n) is 10.3. The van der Waals surface area contributed by atoms with Crippen molar-refractivity contribution in [1.82, 2.24) is 20.2 Å². The van der Waals surface area contributed by atoms with Crippen LogP contribution in [0.5, 0.6) is 0 Å². The lowest BCUT2D eigenvalue weighted by Crippen LogP contribution is -2.38. The van der Waals surface area contributed by atoms with Gasteiger partial charge in [-0.05, 0) is 6.07 Å². The molecule has 2 aromatic rings. The van der Waals surface area contributed by atoms with Gasteiger partial charge in [0.25, 0.3) is 0 Å². The topological polar surface area (TPSA) is 67.4 Å². The summed E-state index contributed by atoms with van der Waals surface area (Å²) < 4.78 is 7.01. The van der Waals surface area contributed by atoms with E-state index in [0.29, 0.717) is 6.54 Å². The molecular weight excluding hydrogens is 230 g/mol. The molecular formula is C12H17N5O. The lowest BCUT2D eigenvalue weighted by atomic mass is 10.3. The average Bonchev–Trinajstić information content (AvgIpc) is 3.06. The van der Waals surface area contributed by atoms with Gasteiger partial charge in [-0.3, -0.25) is 4.99 Å². The van der Waals surface area contributed by atoms with E-state index in [1.54, 1.807) is 32.1 Å². The summed E-state index contributed by atoms with van der Waals surface area (Å²) in [6, 6.07) is 1.92. The molecule has 96 valence electrons. The normalized spacial score (nSPS) is 11.5. The number of nitrogens with one attached hydrogen (secondary N) is 2. The van der Waals surface area contributed by atoms with Gasteiger partial charge in [-0.15, -0.1) is 0 Å². The Morgan fingerprint density at radius 1 is 1.50 bits per heavy atom. The van der Waals surface area contributed by atoms with Crippen LogP contribution in [0.25, 0.3) is 0 Å². The smallest absolute Gasteiger partial charge is 0.191 e. The summed E-state index contributed by atoms with van der Waals surface area (Å²) in [5.41, 5.74) is 1.09. The van der Waals surface area contributed by atoms with E-state index in [0.717, 1.165) is 24.6 Å². The summed E-state index contributed by atoms with van der Waals surface area (Å²) in [5, 5.41) is 6.44. The molecule has 6 heteroatoms. The van der Waals surface area contributed by atoms with Crippen LogP contribution < -0.4 is 10.6 Å². The largest absolute Gasteiger partial charge is 0.472 e. The van der Waals surface area contributed by atoms with Crippen molar-refractivity contribution < 1.29 is 4.42 Å². The van der Waals surface area contributed by atoms with Crippen molar-refractivity contribution >= 4 is 5.96 Å². The van der Waals surface area contributed by atoms with Crippen LogP contribution in [0.3, 0.4) is 0 Å². The number of imidazole rings is 1. The molecule has 0 amide bonds. The molecule has 2 rings (SSSR count). The van der Waals surface area contributed by atoms with Gasteiger partial charge in [0.15, 0.2) is 5.96 Å². The highest BCUT2D eigenvalue weighted by atomic mass is 16.3. The van der Waals surface area contributed by atoms with E-state index in [9.17, 15) is 0 Å². The number of guanidine groups is 1. The van der Waals surface area contributed by atoms with Crippen molar-refractivity contribution in [2.75, 3.05) is 13.6 Å². The number of aliphatic imine (C=N–C) groups is 1. The second-order valence-corrected chi connectivity index (χ2v) is 3.78. The van der Waals surface area contributed by atoms with Gasteiger partial charge in [0.2, 0.25) is 0 Å². The van der Waals surface area contributed by atoms with Crippen molar-refractivity contribution in [3.05, 3.63) is 42.9 Å². The van der Waals surface area contributed by atoms with Crippen LogP contribution in [0, 0.1) is 0 Å².